The van der Waals surface area contributed by atoms with Crippen LogP contribution in [0.15, 0.2) is 18.2 Å². The van der Waals surface area contributed by atoms with Crippen molar-refractivity contribution in [2.45, 2.75) is 38.9 Å². The fourth-order valence-corrected chi connectivity index (χ4v) is 2.19. The Kier molecular flexibility index (Phi) is 4.07. The van der Waals surface area contributed by atoms with E-state index >= 15 is 0 Å². The molecule has 0 amide bonds. The molecule has 2 rings (SSSR count). The van der Waals surface area contributed by atoms with Crippen molar-refractivity contribution >= 4 is 5.69 Å². The van der Waals surface area contributed by atoms with Crippen molar-refractivity contribution < 1.29 is 14.2 Å². The van der Waals surface area contributed by atoms with Gasteiger partial charge in [0, 0.05) is 19.2 Å². The van der Waals surface area contributed by atoms with E-state index in [0.29, 0.717) is 37.4 Å². The molecule has 0 spiro atoms. The molecule has 0 aliphatic carbocycles. The second-order valence-electron chi connectivity index (χ2n) is 5.00. The highest BCUT2D eigenvalue weighted by molar-refractivity contribution is 5.52. The Labute approximate surface area is 107 Å². The minimum atomic E-state index is -0.251. The van der Waals surface area contributed by atoms with Crippen molar-refractivity contribution in [3.05, 3.63) is 24.0 Å². The van der Waals surface area contributed by atoms with Crippen LogP contribution in [0.25, 0.3) is 0 Å². The van der Waals surface area contributed by atoms with Crippen LogP contribution in [0.2, 0.25) is 0 Å². The van der Waals surface area contributed by atoms with E-state index in [1.165, 1.54) is 6.07 Å². The molecule has 1 aliphatic rings. The third kappa shape index (κ3) is 3.13. The topological polar surface area (TPSA) is 32.7 Å². The molecule has 1 aliphatic heterocycles. The molecule has 3 nitrogen and oxygen atoms in total. The molecule has 1 heterocycles. The monoisotopic (exact) mass is 253 g/mol. The van der Waals surface area contributed by atoms with Gasteiger partial charge in [0.2, 0.25) is 0 Å². The number of halogens is 1. The summed E-state index contributed by atoms with van der Waals surface area (Å²) >= 11 is 0. The summed E-state index contributed by atoms with van der Waals surface area (Å²) in [4.78, 5) is 1.97. The summed E-state index contributed by atoms with van der Waals surface area (Å²) in [5.41, 5.74) is 0.569. The number of rotatable bonds is 3. The molecule has 18 heavy (non-hydrogen) atoms. The number of hydrogen-bond donors (Lipinski definition) is 1. The highest BCUT2D eigenvalue weighted by atomic mass is 19.1. The first-order valence-electron chi connectivity index (χ1n) is 6.45. The van der Waals surface area contributed by atoms with Gasteiger partial charge in [-0.15, -0.1) is 0 Å². The molecule has 1 N–H and O–H groups in total. The number of aliphatic hydroxyl groups excluding tert-OH is 1. The van der Waals surface area contributed by atoms with Gasteiger partial charge >= 0.3 is 0 Å². The number of anilines is 1. The second-order valence-corrected chi connectivity index (χ2v) is 5.00. The van der Waals surface area contributed by atoms with Gasteiger partial charge in [0.25, 0.3) is 0 Å². The predicted octanol–water partition coefficient (Wildman–Crippen LogP) is 2.57. The zero-order chi connectivity index (χ0) is 13.1. The lowest BCUT2D eigenvalue weighted by Gasteiger charge is -2.31. The summed E-state index contributed by atoms with van der Waals surface area (Å²) in [7, 11) is 0. The summed E-state index contributed by atoms with van der Waals surface area (Å²) in [6.07, 6.45) is 1.20. The normalized spacial score (nSPS) is 17.3. The Morgan fingerprint density at radius 3 is 2.61 bits per heavy atom. The quantitative estimate of drug-likeness (QED) is 0.898. The third-order valence-electron chi connectivity index (χ3n) is 3.09. The maximum Gasteiger partial charge on any atom is 0.146 e. The van der Waals surface area contributed by atoms with Gasteiger partial charge in [0.05, 0.1) is 17.9 Å². The first-order valence-corrected chi connectivity index (χ1v) is 6.45. The number of hydrogen-bond acceptors (Lipinski definition) is 3. The molecular formula is C14H20FNO2. The van der Waals surface area contributed by atoms with Crippen LogP contribution < -0.4 is 9.64 Å². The highest BCUT2D eigenvalue weighted by Gasteiger charge is 2.20. The maximum absolute atomic E-state index is 13.8. The maximum atomic E-state index is 13.8. The molecule has 0 saturated carbocycles. The van der Waals surface area contributed by atoms with Crippen molar-refractivity contribution in [1.29, 1.82) is 0 Å². The lowest BCUT2D eigenvalue weighted by atomic mass is 10.1. The molecular weight excluding hydrogens is 233 g/mol. The van der Waals surface area contributed by atoms with Gasteiger partial charge in [-0.25, -0.2) is 4.39 Å². The number of ether oxygens (including phenoxy) is 1. The van der Waals surface area contributed by atoms with Gasteiger partial charge in [-0.1, -0.05) is 0 Å². The SMILES string of the molecule is CC(C)Oc1ccc(F)c(N2CCC(O)CC2)c1. The molecule has 1 aromatic rings. The average Bonchev–Trinajstić information content (AvgIpc) is 2.32. The lowest BCUT2D eigenvalue weighted by Crippen LogP contribution is -2.36. The van der Waals surface area contributed by atoms with E-state index in [0.717, 1.165) is 0 Å². The van der Waals surface area contributed by atoms with Crippen LogP contribution in [-0.4, -0.2) is 30.4 Å². The van der Waals surface area contributed by atoms with Crippen LogP contribution in [-0.2, 0) is 0 Å². The first-order chi connectivity index (χ1) is 8.56. The molecule has 4 heteroatoms. The van der Waals surface area contributed by atoms with Crippen molar-refractivity contribution in [1.82, 2.24) is 0 Å². The molecule has 0 bridgehead atoms. The van der Waals surface area contributed by atoms with Crippen molar-refractivity contribution in [3.8, 4) is 5.75 Å². The molecule has 1 aromatic carbocycles. The fraction of sp³-hybridized carbons (Fsp3) is 0.571. The molecule has 0 radical (unpaired) electrons. The first kappa shape index (κ1) is 13.1. The zero-order valence-electron chi connectivity index (χ0n) is 10.9. The largest absolute Gasteiger partial charge is 0.491 e. The Bertz CT molecular complexity index is 401. The van der Waals surface area contributed by atoms with Gasteiger partial charge in [-0.05, 0) is 38.8 Å². The van der Waals surface area contributed by atoms with E-state index in [1.807, 2.05) is 18.7 Å². The summed E-state index contributed by atoms with van der Waals surface area (Å²) in [6.45, 7) is 5.26. The molecule has 100 valence electrons. The fourth-order valence-electron chi connectivity index (χ4n) is 2.19. The van der Waals surface area contributed by atoms with E-state index in [9.17, 15) is 9.50 Å². The summed E-state index contributed by atoms with van der Waals surface area (Å²) < 4.78 is 19.4. The molecule has 1 fully saturated rings. The summed E-state index contributed by atoms with van der Waals surface area (Å²) in [6, 6.07) is 4.84. The van der Waals surface area contributed by atoms with E-state index in [4.69, 9.17) is 4.74 Å². The van der Waals surface area contributed by atoms with Crippen LogP contribution in [0.5, 0.6) is 5.75 Å². The average molecular weight is 253 g/mol. The third-order valence-corrected chi connectivity index (χ3v) is 3.09. The highest BCUT2D eigenvalue weighted by Crippen LogP contribution is 2.28. The molecule has 0 atom stereocenters. The Balaban J connectivity index is 2.15. The molecule has 1 saturated heterocycles. The standard InChI is InChI=1S/C14H20FNO2/c1-10(2)18-12-3-4-13(15)14(9-12)16-7-5-11(17)6-8-16/h3-4,9-11,17H,5-8H2,1-2H3. The molecule has 0 aromatic heterocycles. The lowest BCUT2D eigenvalue weighted by molar-refractivity contribution is 0.145. The minimum Gasteiger partial charge on any atom is -0.491 e. The van der Waals surface area contributed by atoms with Crippen molar-refractivity contribution in [3.63, 3.8) is 0 Å². The Hall–Kier alpha value is -1.29. The van der Waals surface area contributed by atoms with Crippen LogP contribution in [0.4, 0.5) is 10.1 Å². The number of benzene rings is 1. The van der Waals surface area contributed by atoms with Crippen LogP contribution >= 0.6 is 0 Å². The van der Waals surface area contributed by atoms with Crippen LogP contribution in [0, 0.1) is 5.82 Å². The van der Waals surface area contributed by atoms with Gasteiger partial charge in [-0.2, -0.15) is 0 Å². The predicted molar refractivity (Wildman–Crippen MR) is 69.6 cm³/mol. The molecule has 0 unspecified atom stereocenters. The van der Waals surface area contributed by atoms with Crippen LogP contribution in [0.1, 0.15) is 26.7 Å². The summed E-state index contributed by atoms with van der Waals surface area (Å²) in [5.74, 6) is 0.454. The number of piperidine rings is 1. The van der Waals surface area contributed by atoms with Gasteiger partial charge in [0.1, 0.15) is 11.6 Å². The van der Waals surface area contributed by atoms with Gasteiger partial charge in [-0.3, -0.25) is 0 Å². The Morgan fingerprint density at radius 2 is 2.00 bits per heavy atom. The zero-order valence-corrected chi connectivity index (χ0v) is 10.9. The van der Waals surface area contributed by atoms with Crippen molar-refractivity contribution in [2.24, 2.45) is 0 Å². The van der Waals surface area contributed by atoms with Gasteiger partial charge in [0.15, 0.2) is 0 Å². The number of aliphatic hydroxyl groups is 1. The summed E-state index contributed by atoms with van der Waals surface area (Å²) in [5, 5.41) is 9.47. The van der Waals surface area contributed by atoms with Gasteiger partial charge < -0.3 is 14.7 Å². The smallest absolute Gasteiger partial charge is 0.146 e. The van der Waals surface area contributed by atoms with Crippen LogP contribution in [0.3, 0.4) is 0 Å². The van der Waals surface area contributed by atoms with E-state index < -0.39 is 0 Å². The van der Waals surface area contributed by atoms with E-state index in [1.54, 1.807) is 12.1 Å². The van der Waals surface area contributed by atoms with E-state index in [-0.39, 0.29) is 18.0 Å². The number of nitrogens with zero attached hydrogens (tertiary/aromatic N) is 1. The van der Waals surface area contributed by atoms with Crippen molar-refractivity contribution in [2.75, 3.05) is 18.0 Å². The van der Waals surface area contributed by atoms with E-state index in [2.05, 4.69) is 0 Å². The second kappa shape index (κ2) is 5.57. The Morgan fingerprint density at radius 1 is 1.33 bits per heavy atom. The minimum absolute atomic E-state index is 0.0755.